The molecule has 5 rings (SSSR count). The van der Waals surface area contributed by atoms with Crippen LogP contribution in [0.2, 0.25) is 0 Å². The molecule has 3 aliphatic rings. The van der Waals surface area contributed by atoms with Crippen molar-refractivity contribution >= 4 is 39.4 Å². The number of hydrogen-bond acceptors (Lipinski definition) is 10. The van der Waals surface area contributed by atoms with Gasteiger partial charge in [0.1, 0.15) is 23.4 Å². The molecule has 0 bridgehead atoms. The highest BCUT2D eigenvalue weighted by Crippen LogP contribution is 2.34. The number of sulfone groups is 1. The van der Waals surface area contributed by atoms with Gasteiger partial charge in [-0.25, -0.2) is 18.4 Å². The summed E-state index contributed by atoms with van der Waals surface area (Å²) in [7, 11) is -1.16. The Morgan fingerprint density at radius 3 is 2.81 bits per heavy atom. The van der Waals surface area contributed by atoms with E-state index in [0.29, 0.717) is 61.2 Å². The Balaban J connectivity index is 1.44. The number of nitrogens with zero attached hydrogens (tertiary/aromatic N) is 6. The monoisotopic (exact) mass is 523 g/mol. The lowest BCUT2D eigenvalue weighted by molar-refractivity contribution is -0.136. The second-order valence-electron chi connectivity index (χ2n) is 9.89. The molecule has 2 aromatic rings. The average molecular weight is 524 g/mol. The lowest BCUT2D eigenvalue weighted by Crippen LogP contribution is -2.48. The molecule has 0 aliphatic carbocycles. The van der Waals surface area contributed by atoms with Crippen LogP contribution < -0.4 is 10.2 Å². The molecule has 1 atom stereocenters. The maximum Gasteiger partial charge on any atom is 0.237 e. The molecule has 0 spiro atoms. The largest absolute Gasteiger partial charge is 0.380 e. The lowest BCUT2D eigenvalue weighted by atomic mass is 10.0. The van der Waals surface area contributed by atoms with Crippen molar-refractivity contribution in [2.45, 2.75) is 31.8 Å². The number of aromatic nitrogens is 2. The van der Waals surface area contributed by atoms with Crippen molar-refractivity contribution < 1.29 is 18.0 Å². The number of amides is 1. The van der Waals surface area contributed by atoms with Gasteiger partial charge >= 0.3 is 0 Å². The molecule has 11 nitrogen and oxygen atoms in total. The van der Waals surface area contributed by atoms with E-state index in [1.165, 1.54) is 6.20 Å². The zero-order valence-electron chi connectivity index (χ0n) is 20.7. The van der Waals surface area contributed by atoms with Gasteiger partial charge in [0.25, 0.3) is 0 Å². The summed E-state index contributed by atoms with van der Waals surface area (Å²) in [5.41, 5.74) is 2.85. The van der Waals surface area contributed by atoms with Crippen LogP contribution in [0, 0.1) is 11.3 Å². The molecule has 37 heavy (non-hydrogen) atoms. The van der Waals surface area contributed by atoms with Crippen molar-refractivity contribution in [1.29, 1.82) is 5.26 Å². The Kier molecular flexibility index (Phi) is 6.83. The molecule has 1 N–H and O–H groups in total. The molecule has 2 saturated heterocycles. The first-order valence-corrected chi connectivity index (χ1v) is 14.2. The fraction of sp³-hybridized carbons (Fsp3) is 0.480. The summed E-state index contributed by atoms with van der Waals surface area (Å²) >= 11 is 0. The molecule has 2 fully saturated rings. The Morgan fingerprint density at radius 1 is 1.27 bits per heavy atom. The van der Waals surface area contributed by atoms with E-state index in [1.54, 1.807) is 11.0 Å². The van der Waals surface area contributed by atoms with Gasteiger partial charge in [-0.2, -0.15) is 5.26 Å². The van der Waals surface area contributed by atoms with E-state index < -0.39 is 9.84 Å². The predicted molar refractivity (Wildman–Crippen MR) is 137 cm³/mol. The molecule has 0 aromatic carbocycles. The van der Waals surface area contributed by atoms with E-state index in [1.807, 2.05) is 22.9 Å². The molecule has 5 heterocycles. The van der Waals surface area contributed by atoms with Crippen molar-refractivity contribution in [3.05, 3.63) is 40.7 Å². The highest BCUT2D eigenvalue weighted by atomic mass is 32.2. The number of fused-ring (bicyclic) bond motifs is 1. The van der Waals surface area contributed by atoms with Gasteiger partial charge in [-0.15, -0.1) is 0 Å². The summed E-state index contributed by atoms with van der Waals surface area (Å²) in [6.45, 7) is 2.71. The van der Waals surface area contributed by atoms with E-state index in [4.69, 9.17) is 4.98 Å². The smallest absolute Gasteiger partial charge is 0.237 e. The van der Waals surface area contributed by atoms with Crippen molar-refractivity contribution in [1.82, 2.24) is 19.8 Å². The molecule has 1 amide bonds. The van der Waals surface area contributed by atoms with Gasteiger partial charge in [0.05, 0.1) is 29.3 Å². The van der Waals surface area contributed by atoms with Crippen LogP contribution in [0.5, 0.6) is 0 Å². The minimum Gasteiger partial charge on any atom is -0.380 e. The van der Waals surface area contributed by atoms with Gasteiger partial charge in [-0.3, -0.25) is 14.5 Å². The maximum atomic E-state index is 12.5. The van der Waals surface area contributed by atoms with Gasteiger partial charge in [-0.05, 0) is 37.9 Å². The minimum atomic E-state index is -3.08. The van der Waals surface area contributed by atoms with Crippen LogP contribution in [0.1, 0.15) is 40.0 Å². The number of nitriles is 1. The average Bonchev–Trinajstić information content (AvgIpc) is 3.22. The van der Waals surface area contributed by atoms with Crippen LogP contribution in [-0.4, -0.2) is 91.2 Å². The van der Waals surface area contributed by atoms with Crippen molar-refractivity contribution in [2.24, 2.45) is 0 Å². The van der Waals surface area contributed by atoms with Crippen molar-refractivity contribution in [3.8, 4) is 6.07 Å². The molecule has 2 aromatic heterocycles. The van der Waals surface area contributed by atoms with Gasteiger partial charge in [0, 0.05) is 50.0 Å². The number of likely N-dealkylation sites (N-methyl/N-ethyl adjacent to an activating group) is 1. The number of anilines is 3. The summed E-state index contributed by atoms with van der Waals surface area (Å²) in [4.78, 5) is 39.3. The Morgan fingerprint density at radius 2 is 2.11 bits per heavy atom. The minimum absolute atomic E-state index is 0.0295. The Hall–Kier alpha value is -3.56. The number of rotatable bonds is 6. The summed E-state index contributed by atoms with van der Waals surface area (Å²) in [5.74, 6) is 1.39. The van der Waals surface area contributed by atoms with E-state index in [9.17, 15) is 23.3 Å². The fourth-order valence-electron chi connectivity index (χ4n) is 5.14. The Bertz CT molecular complexity index is 1390. The normalized spacial score (nSPS) is 21.4. The number of aldehydes is 1. The van der Waals surface area contributed by atoms with Crippen molar-refractivity contribution in [2.75, 3.05) is 54.9 Å². The number of piperazine rings is 1. The Labute approximate surface area is 216 Å². The number of carbonyl (C=O) groups excluding carboxylic acids is 2. The molecule has 3 aliphatic heterocycles. The summed E-state index contributed by atoms with van der Waals surface area (Å²) in [6.07, 6.45) is 4.31. The number of aryl methyl sites for hydroxylation is 1. The third-order valence-electron chi connectivity index (χ3n) is 7.14. The van der Waals surface area contributed by atoms with Crippen LogP contribution in [-0.2, 0) is 27.6 Å². The lowest BCUT2D eigenvalue weighted by Gasteiger charge is -2.33. The quantitative estimate of drug-likeness (QED) is 0.548. The summed E-state index contributed by atoms with van der Waals surface area (Å²) in [6, 6.07) is 5.57. The van der Waals surface area contributed by atoms with Gasteiger partial charge < -0.3 is 15.1 Å². The topological polar surface area (TPSA) is 140 Å². The van der Waals surface area contributed by atoms with Crippen LogP contribution in [0.25, 0.3) is 0 Å². The molecule has 1 unspecified atom stereocenters. The molecule has 0 saturated carbocycles. The third-order valence-corrected chi connectivity index (χ3v) is 8.90. The molecule has 194 valence electrons. The highest BCUT2D eigenvalue weighted by Gasteiger charge is 2.30. The van der Waals surface area contributed by atoms with Gasteiger partial charge in [-0.1, -0.05) is 0 Å². The summed E-state index contributed by atoms with van der Waals surface area (Å²) < 4.78 is 23.8. The molecular formula is C25H29N7O4S. The van der Waals surface area contributed by atoms with E-state index in [2.05, 4.69) is 16.4 Å². The zero-order valence-corrected chi connectivity index (χ0v) is 21.5. The molecule has 0 radical (unpaired) electrons. The van der Waals surface area contributed by atoms with E-state index in [0.717, 1.165) is 36.8 Å². The predicted octanol–water partition coefficient (Wildman–Crippen LogP) is 1.12. The number of pyridine rings is 2. The number of hydrogen-bond donors (Lipinski definition) is 1. The van der Waals surface area contributed by atoms with Crippen LogP contribution >= 0.6 is 0 Å². The standard InChI is InChI=1S/C25H29N7O4S/c1-30-6-7-31(24(34)14-30)13-18-9-17-3-2-5-32(25(17)29-22(18)15-33)23-10-21(19(11-26)12-27-23)28-20-4-8-37(35,36)16-20/h9-10,12,15,20H,2-8,13-14,16H2,1H3,(H,27,28). The first kappa shape index (κ1) is 25.1. The van der Waals surface area contributed by atoms with Crippen LogP contribution in [0.4, 0.5) is 17.3 Å². The second-order valence-corrected chi connectivity index (χ2v) is 12.1. The van der Waals surface area contributed by atoms with Gasteiger partial charge in [0.15, 0.2) is 16.1 Å². The van der Waals surface area contributed by atoms with Crippen LogP contribution in [0.3, 0.4) is 0 Å². The second kappa shape index (κ2) is 10.1. The molecule has 12 heteroatoms. The third kappa shape index (κ3) is 5.28. The number of nitrogens with one attached hydrogen (secondary N) is 1. The van der Waals surface area contributed by atoms with Crippen LogP contribution in [0.15, 0.2) is 18.3 Å². The fourth-order valence-corrected chi connectivity index (χ4v) is 6.81. The number of carbonyl (C=O) groups is 2. The van der Waals surface area contributed by atoms with Crippen molar-refractivity contribution in [3.63, 3.8) is 0 Å². The zero-order chi connectivity index (χ0) is 26.2. The summed E-state index contributed by atoms with van der Waals surface area (Å²) in [5, 5.41) is 12.8. The maximum absolute atomic E-state index is 12.5. The SMILES string of the molecule is CN1CCN(Cc2cc3c(nc2C=O)N(c2cc(NC4CCS(=O)(=O)C4)c(C#N)cn2)CCC3)C(=O)C1. The van der Waals surface area contributed by atoms with Gasteiger partial charge in [0.2, 0.25) is 5.91 Å². The van der Waals surface area contributed by atoms with E-state index >= 15 is 0 Å². The highest BCUT2D eigenvalue weighted by molar-refractivity contribution is 7.91. The molecular weight excluding hydrogens is 494 g/mol. The first-order valence-electron chi connectivity index (χ1n) is 12.4. The van der Waals surface area contributed by atoms with E-state index in [-0.39, 0.29) is 23.5 Å². The first-order chi connectivity index (χ1) is 17.8.